The Morgan fingerprint density at radius 3 is 2.31 bits per heavy atom. The van der Waals surface area contributed by atoms with Gasteiger partial charge >= 0.3 is 0 Å². The molecule has 0 spiro atoms. The molecule has 2 heterocycles. The van der Waals surface area contributed by atoms with E-state index in [-0.39, 0.29) is 33.8 Å². The quantitative estimate of drug-likeness (QED) is 0.366. The van der Waals surface area contributed by atoms with E-state index in [1.165, 1.54) is 36.7 Å². The summed E-state index contributed by atoms with van der Waals surface area (Å²) in [7, 11) is 0. The number of aryl methyl sites for hydroxylation is 2. The predicted molar refractivity (Wildman–Crippen MR) is 120 cm³/mol. The minimum absolute atomic E-state index is 0.115. The molecular weight excluding hydrogens is 434 g/mol. The summed E-state index contributed by atoms with van der Waals surface area (Å²) >= 11 is 1.37. The van der Waals surface area contributed by atoms with Crippen molar-refractivity contribution in [2.24, 2.45) is 0 Å². The normalized spacial score (nSPS) is 13.8. The minimum Gasteiger partial charge on any atom is -0.446 e. The lowest BCUT2D eigenvalue weighted by molar-refractivity contribution is 0.0944. The zero-order chi connectivity index (χ0) is 23.7. The molecule has 1 atom stereocenters. The van der Waals surface area contributed by atoms with Gasteiger partial charge in [-0.1, -0.05) is 11.9 Å². The number of carbonyl (C=O) groups is 1. The highest BCUT2D eigenvalue weighted by Gasteiger charge is 2.36. The van der Waals surface area contributed by atoms with Crippen molar-refractivity contribution in [1.29, 1.82) is 0 Å². The Kier molecular flexibility index (Phi) is 6.80. The molecule has 3 aromatic rings. The van der Waals surface area contributed by atoms with E-state index in [1.807, 2.05) is 20.8 Å². The Morgan fingerprint density at radius 1 is 1.09 bits per heavy atom. The average molecular weight is 461 g/mol. The average Bonchev–Trinajstić information content (AvgIpc) is 3.05. The second-order valence-corrected chi connectivity index (χ2v) is 10.5. The first-order chi connectivity index (χ1) is 14.9. The van der Waals surface area contributed by atoms with Crippen LogP contribution in [0.4, 0.5) is 8.78 Å². The largest absolute Gasteiger partial charge is 0.446 e. The SMILES string of the molecule is Cc1nc(C(=O)C[C@](C)(NSC(C)(C)C)c2cc(-c3cncnc3)c(F)cc2F)c(C)o1. The van der Waals surface area contributed by atoms with Crippen molar-refractivity contribution < 1.29 is 18.0 Å². The fraction of sp³-hybridized carbons (Fsp3) is 0.391. The van der Waals surface area contributed by atoms with Crippen molar-refractivity contribution in [3.63, 3.8) is 0 Å². The van der Waals surface area contributed by atoms with Crippen molar-refractivity contribution in [3.8, 4) is 11.1 Å². The van der Waals surface area contributed by atoms with Crippen LogP contribution in [-0.2, 0) is 5.54 Å². The molecule has 0 unspecified atom stereocenters. The second-order valence-electron chi connectivity index (χ2n) is 8.83. The molecule has 1 aromatic carbocycles. The molecule has 2 aromatic heterocycles. The maximum absolute atomic E-state index is 15.1. The molecule has 0 aliphatic heterocycles. The van der Waals surface area contributed by atoms with Gasteiger partial charge in [0, 0.05) is 53.2 Å². The summed E-state index contributed by atoms with van der Waals surface area (Å²) in [6.45, 7) is 11.0. The molecule has 0 bridgehead atoms. The van der Waals surface area contributed by atoms with Crippen LogP contribution in [0.3, 0.4) is 0 Å². The molecule has 0 radical (unpaired) electrons. The van der Waals surface area contributed by atoms with Crippen LogP contribution in [0.1, 0.15) is 61.8 Å². The number of nitrogens with zero attached hydrogens (tertiary/aromatic N) is 3. The Morgan fingerprint density at radius 2 is 1.75 bits per heavy atom. The molecule has 0 amide bonds. The van der Waals surface area contributed by atoms with Crippen molar-refractivity contribution in [2.45, 2.75) is 58.2 Å². The van der Waals surface area contributed by atoms with E-state index in [9.17, 15) is 9.18 Å². The molecule has 0 fully saturated rings. The van der Waals surface area contributed by atoms with E-state index in [0.717, 1.165) is 6.07 Å². The van der Waals surface area contributed by atoms with Gasteiger partial charge in [-0.05, 0) is 40.7 Å². The molecular formula is C23H26F2N4O2S. The zero-order valence-corrected chi connectivity index (χ0v) is 19.7. The number of benzene rings is 1. The van der Waals surface area contributed by atoms with Gasteiger partial charge in [-0.25, -0.2) is 23.7 Å². The first-order valence-corrected chi connectivity index (χ1v) is 10.9. The molecule has 32 heavy (non-hydrogen) atoms. The third kappa shape index (κ3) is 5.39. The van der Waals surface area contributed by atoms with Crippen LogP contribution in [-0.4, -0.2) is 25.5 Å². The summed E-state index contributed by atoms with van der Waals surface area (Å²) in [6, 6.07) is 2.24. The number of aromatic nitrogens is 3. The molecule has 0 saturated heterocycles. The third-order valence-electron chi connectivity index (χ3n) is 4.79. The lowest BCUT2D eigenvalue weighted by Gasteiger charge is -2.34. The summed E-state index contributed by atoms with van der Waals surface area (Å²) < 4.78 is 38.2. The van der Waals surface area contributed by atoms with Crippen LogP contribution in [0.5, 0.6) is 0 Å². The van der Waals surface area contributed by atoms with Crippen LogP contribution in [0, 0.1) is 25.5 Å². The predicted octanol–water partition coefficient (Wildman–Crippen LogP) is 5.55. The number of hydrogen-bond acceptors (Lipinski definition) is 7. The van der Waals surface area contributed by atoms with Gasteiger partial charge in [0.25, 0.3) is 0 Å². The summed E-state index contributed by atoms with van der Waals surface area (Å²) in [5.41, 5.74) is -0.254. The van der Waals surface area contributed by atoms with Crippen LogP contribution in [0.2, 0.25) is 0 Å². The number of rotatable bonds is 7. The zero-order valence-electron chi connectivity index (χ0n) is 18.9. The number of hydrogen-bond donors (Lipinski definition) is 1. The molecule has 9 heteroatoms. The van der Waals surface area contributed by atoms with Gasteiger partial charge in [0.2, 0.25) is 0 Å². The van der Waals surface area contributed by atoms with Crippen molar-refractivity contribution in [1.82, 2.24) is 19.7 Å². The summed E-state index contributed by atoms with van der Waals surface area (Å²) in [4.78, 5) is 25.2. The minimum atomic E-state index is -1.17. The highest BCUT2D eigenvalue weighted by molar-refractivity contribution is 7.98. The van der Waals surface area contributed by atoms with Crippen LogP contribution in [0.25, 0.3) is 11.1 Å². The van der Waals surface area contributed by atoms with Gasteiger partial charge in [0.05, 0.1) is 5.54 Å². The first-order valence-electron chi connectivity index (χ1n) is 10.1. The van der Waals surface area contributed by atoms with Crippen molar-refractivity contribution in [3.05, 3.63) is 65.4 Å². The molecule has 0 aliphatic carbocycles. The van der Waals surface area contributed by atoms with E-state index < -0.39 is 17.2 Å². The van der Waals surface area contributed by atoms with Crippen molar-refractivity contribution in [2.75, 3.05) is 0 Å². The second kappa shape index (κ2) is 9.07. The molecule has 3 rings (SSSR count). The van der Waals surface area contributed by atoms with Gasteiger partial charge in [0.1, 0.15) is 29.4 Å². The smallest absolute Gasteiger partial charge is 0.191 e. The monoisotopic (exact) mass is 460 g/mol. The standard InChI is InChI=1S/C23H26F2N4O2S/c1-13-21(28-14(2)31-13)20(30)9-23(6,29-32-22(3,4)5)17-7-16(18(24)8-19(17)25)15-10-26-12-27-11-15/h7-8,10-12,29H,9H2,1-6H3/t23-/m0/s1. The molecule has 170 valence electrons. The number of oxazole rings is 1. The fourth-order valence-corrected chi connectivity index (χ4v) is 3.99. The maximum atomic E-state index is 15.1. The number of carbonyl (C=O) groups excluding carboxylic acids is 1. The molecule has 1 N–H and O–H groups in total. The Bertz CT molecular complexity index is 1130. The number of halogens is 2. The van der Waals surface area contributed by atoms with E-state index in [4.69, 9.17) is 4.42 Å². The summed E-state index contributed by atoms with van der Waals surface area (Å²) in [5, 5.41) is 0. The topological polar surface area (TPSA) is 80.9 Å². The van der Waals surface area contributed by atoms with E-state index in [1.54, 1.807) is 20.8 Å². The van der Waals surface area contributed by atoms with Gasteiger partial charge in [-0.2, -0.15) is 0 Å². The number of ketones is 1. The van der Waals surface area contributed by atoms with E-state index in [0.29, 0.717) is 17.2 Å². The number of Topliss-reactive ketones (excluding diaryl/α,β-unsaturated/α-hetero) is 1. The van der Waals surface area contributed by atoms with Gasteiger partial charge in [-0.15, -0.1) is 0 Å². The molecule has 0 saturated carbocycles. The fourth-order valence-electron chi connectivity index (χ4n) is 3.28. The van der Waals surface area contributed by atoms with Crippen LogP contribution in [0.15, 0.2) is 35.3 Å². The van der Waals surface area contributed by atoms with E-state index in [2.05, 4.69) is 19.7 Å². The summed E-state index contributed by atoms with van der Waals surface area (Å²) in [6.07, 6.45) is 4.12. The van der Waals surface area contributed by atoms with Crippen LogP contribution >= 0.6 is 11.9 Å². The van der Waals surface area contributed by atoms with Gasteiger partial charge < -0.3 is 4.42 Å². The highest BCUT2D eigenvalue weighted by atomic mass is 32.2. The highest BCUT2D eigenvalue weighted by Crippen LogP contribution is 2.37. The first kappa shape index (κ1) is 24.0. The van der Waals surface area contributed by atoms with Crippen LogP contribution < -0.4 is 4.72 Å². The number of nitrogens with one attached hydrogen (secondary N) is 1. The van der Waals surface area contributed by atoms with Gasteiger partial charge in [0.15, 0.2) is 11.7 Å². The van der Waals surface area contributed by atoms with Gasteiger partial charge in [-0.3, -0.25) is 9.52 Å². The summed E-state index contributed by atoms with van der Waals surface area (Å²) in [5.74, 6) is -1.02. The maximum Gasteiger partial charge on any atom is 0.191 e. The Hall–Kier alpha value is -2.65. The third-order valence-corrected chi connectivity index (χ3v) is 5.95. The lowest BCUT2D eigenvalue weighted by atomic mass is 9.85. The van der Waals surface area contributed by atoms with E-state index >= 15 is 4.39 Å². The molecule has 0 aliphatic rings. The molecule has 6 nitrogen and oxygen atoms in total. The lowest BCUT2D eigenvalue weighted by Crippen LogP contribution is -2.40. The van der Waals surface area contributed by atoms with Crippen molar-refractivity contribution >= 4 is 17.7 Å². The Labute approximate surface area is 190 Å². The Balaban J connectivity index is 2.09.